The standard InChI is InChI=1S/C22H22F3N7O/c1-30-16-6-4-3-5-15(16)18-12-14(26-21(33)22(23,24)25)9-10-32(18)17-8-7-13(11-19(17)30)20-27-29-31(2)28-20/h3-8,11,14,18H,9-10,12H2,1-2H3,(H,26,33)/t14-,18-/m0/s1. The highest BCUT2D eigenvalue weighted by molar-refractivity contribution is 5.85. The molecule has 2 aliphatic heterocycles. The lowest BCUT2D eigenvalue weighted by atomic mass is 9.90. The monoisotopic (exact) mass is 457 g/mol. The van der Waals surface area contributed by atoms with Gasteiger partial charge in [0.1, 0.15) is 0 Å². The van der Waals surface area contributed by atoms with Crippen molar-refractivity contribution in [3.63, 3.8) is 0 Å². The molecule has 11 heteroatoms. The molecule has 2 aromatic carbocycles. The van der Waals surface area contributed by atoms with Crippen LogP contribution < -0.4 is 15.1 Å². The van der Waals surface area contributed by atoms with Crippen molar-refractivity contribution in [3.05, 3.63) is 48.0 Å². The maximum Gasteiger partial charge on any atom is 0.471 e. The van der Waals surface area contributed by atoms with Gasteiger partial charge in [0.15, 0.2) is 0 Å². The van der Waals surface area contributed by atoms with Crippen molar-refractivity contribution in [2.45, 2.75) is 31.1 Å². The number of rotatable bonds is 2. The van der Waals surface area contributed by atoms with Gasteiger partial charge in [-0.25, -0.2) is 0 Å². The van der Waals surface area contributed by atoms with Crippen LogP contribution in [0.15, 0.2) is 42.5 Å². The number of fused-ring (bicyclic) bond motifs is 5. The van der Waals surface area contributed by atoms with Crippen molar-refractivity contribution in [2.75, 3.05) is 23.4 Å². The number of benzene rings is 2. The number of nitrogens with zero attached hydrogens (tertiary/aromatic N) is 6. The van der Waals surface area contributed by atoms with Crippen molar-refractivity contribution in [1.29, 1.82) is 0 Å². The zero-order valence-electron chi connectivity index (χ0n) is 18.0. The van der Waals surface area contributed by atoms with Gasteiger partial charge >= 0.3 is 12.1 Å². The molecule has 172 valence electrons. The van der Waals surface area contributed by atoms with E-state index in [-0.39, 0.29) is 6.04 Å². The lowest BCUT2D eigenvalue weighted by Crippen LogP contribution is -2.49. The van der Waals surface area contributed by atoms with Crippen molar-refractivity contribution < 1.29 is 18.0 Å². The number of piperidine rings is 1. The Hall–Kier alpha value is -3.63. The second-order valence-corrected chi connectivity index (χ2v) is 8.33. The zero-order chi connectivity index (χ0) is 23.3. The van der Waals surface area contributed by atoms with Gasteiger partial charge in [-0.15, -0.1) is 10.2 Å². The Morgan fingerprint density at radius 3 is 2.61 bits per heavy atom. The average molecular weight is 457 g/mol. The number of hydrogen-bond donors (Lipinski definition) is 1. The maximum absolute atomic E-state index is 12.8. The number of carbonyl (C=O) groups is 1. The summed E-state index contributed by atoms with van der Waals surface area (Å²) in [5, 5.41) is 14.5. The summed E-state index contributed by atoms with van der Waals surface area (Å²) in [6.07, 6.45) is -4.10. The topological polar surface area (TPSA) is 79.2 Å². The molecule has 2 aliphatic rings. The largest absolute Gasteiger partial charge is 0.471 e. The number of aryl methyl sites for hydroxylation is 1. The number of anilines is 3. The third kappa shape index (κ3) is 3.77. The predicted molar refractivity (Wildman–Crippen MR) is 116 cm³/mol. The molecule has 0 radical (unpaired) electrons. The first-order valence-electron chi connectivity index (χ1n) is 10.6. The molecule has 5 rings (SSSR count). The molecule has 0 bridgehead atoms. The number of aromatic nitrogens is 4. The second kappa shape index (κ2) is 7.75. The van der Waals surface area contributed by atoms with E-state index in [2.05, 4.69) is 30.5 Å². The first-order valence-corrected chi connectivity index (χ1v) is 10.6. The maximum atomic E-state index is 12.8. The van der Waals surface area contributed by atoms with Gasteiger partial charge in [-0.3, -0.25) is 4.79 Å². The van der Waals surface area contributed by atoms with Crippen LogP contribution in [0.5, 0.6) is 0 Å². The highest BCUT2D eigenvalue weighted by atomic mass is 19.4. The number of hydrogen-bond acceptors (Lipinski definition) is 6. The summed E-state index contributed by atoms with van der Waals surface area (Å²) in [4.78, 5) is 17.2. The molecule has 3 aromatic rings. The van der Waals surface area contributed by atoms with Crippen molar-refractivity contribution in [1.82, 2.24) is 25.5 Å². The fourth-order valence-corrected chi connectivity index (χ4v) is 4.73. The van der Waals surface area contributed by atoms with Crippen LogP contribution >= 0.6 is 0 Å². The van der Waals surface area contributed by atoms with Gasteiger partial charge in [0.05, 0.1) is 24.5 Å². The molecular formula is C22H22F3N7O. The Morgan fingerprint density at radius 2 is 1.88 bits per heavy atom. The fourth-order valence-electron chi connectivity index (χ4n) is 4.73. The van der Waals surface area contributed by atoms with Crippen LogP contribution in [0.4, 0.5) is 30.2 Å². The lowest BCUT2D eigenvalue weighted by molar-refractivity contribution is -0.174. The van der Waals surface area contributed by atoms with E-state index in [9.17, 15) is 18.0 Å². The van der Waals surface area contributed by atoms with Gasteiger partial charge in [0, 0.05) is 30.9 Å². The molecule has 1 amide bonds. The normalized spacial score (nSPS) is 19.9. The minimum absolute atomic E-state index is 0.183. The Labute approximate surface area is 188 Å². The van der Waals surface area contributed by atoms with Crippen molar-refractivity contribution in [2.24, 2.45) is 7.05 Å². The van der Waals surface area contributed by atoms with Gasteiger partial charge in [-0.2, -0.15) is 18.0 Å². The molecule has 1 aromatic heterocycles. The zero-order valence-corrected chi connectivity index (χ0v) is 18.0. The van der Waals surface area contributed by atoms with Crippen LogP contribution in [-0.2, 0) is 11.8 Å². The molecule has 0 saturated carbocycles. The SMILES string of the molecule is CN1c2ccccc2[C@@H]2C[C@@H](NC(=O)C(F)(F)F)CCN2c2ccc(-c3nnn(C)n3)cc21. The summed E-state index contributed by atoms with van der Waals surface area (Å²) in [7, 11) is 3.67. The van der Waals surface area contributed by atoms with Gasteiger partial charge in [-0.05, 0) is 47.9 Å². The number of halogens is 3. The number of tetrazole rings is 1. The van der Waals surface area contributed by atoms with Crippen LogP contribution in [0.3, 0.4) is 0 Å². The molecule has 0 unspecified atom stereocenters. The second-order valence-electron chi connectivity index (χ2n) is 8.33. The molecule has 1 fully saturated rings. The van der Waals surface area contributed by atoms with E-state index in [1.807, 2.05) is 49.5 Å². The molecule has 33 heavy (non-hydrogen) atoms. The summed E-state index contributed by atoms with van der Waals surface area (Å²) in [5.74, 6) is -1.38. The van der Waals surface area contributed by atoms with E-state index in [0.29, 0.717) is 25.2 Å². The summed E-state index contributed by atoms with van der Waals surface area (Å²) in [6.45, 7) is 0.505. The van der Waals surface area contributed by atoms with E-state index in [1.165, 1.54) is 4.80 Å². The predicted octanol–water partition coefficient (Wildman–Crippen LogP) is 3.35. The lowest BCUT2D eigenvalue weighted by Gasteiger charge is -2.41. The highest BCUT2D eigenvalue weighted by Crippen LogP contribution is 2.48. The molecule has 2 atom stereocenters. The van der Waals surface area contributed by atoms with Crippen LogP contribution in [0.2, 0.25) is 0 Å². The Bertz CT molecular complexity index is 1210. The quantitative estimate of drug-likeness (QED) is 0.636. The van der Waals surface area contributed by atoms with E-state index in [4.69, 9.17) is 0 Å². The number of para-hydroxylation sites is 1. The van der Waals surface area contributed by atoms with Gasteiger partial charge in [0.2, 0.25) is 5.82 Å². The van der Waals surface area contributed by atoms with Crippen LogP contribution in [0.1, 0.15) is 24.4 Å². The van der Waals surface area contributed by atoms with Gasteiger partial charge in [-0.1, -0.05) is 18.2 Å². The van der Waals surface area contributed by atoms with Crippen molar-refractivity contribution >= 4 is 23.0 Å². The third-order valence-electron chi connectivity index (χ3n) is 6.26. The number of nitrogens with one attached hydrogen (secondary N) is 1. The highest BCUT2D eigenvalue weighted by Gasteiger charge is 2.42. The first kappa shape index (κ1) is 21.2. The smallest absolute Gasteiger partial charge is 0.363 e. The summed E-state index contributed by atoms with van der Waals surface area (Å²) in [6, 6.07) is 13.0. The number of amides is 1. The van der Waals surface area contributed by atoms with Crippen LogP contribution in [-0.4, -0.2) is 51.9 Å². The molecule has 1 saturated heterocycles. The molecule has 0 spiro atoms. The summed E-state index contributed by atoms with van der Waals surface area (Å²) >= 11 is 0. The molecule has 1 N–H and O–H groups in total. The minimum Gasteiger partial charge on any atom is -0.363 e. The third-order valence-corrected chi connectivity index (χ3v) is 6.26. The number of carbonyl (C=O) groups excluding carboxylic acids is 1. The van der Waals surface area contributed by atoms with Gasteiger partial charge < -0.3 is 15.1 Å². The van der Waals surface area contributed by atoms with E-state index in [1.54, 1.807) is 7.05 Å². The van der Waals surface area contributed by atoms with E-state index < -0.39 is 18.1 Å². The fraction of sp³-hybridized carbons (Fsp3) is 0.364. The first-order chi connectivity index (χ1) is 15.7. The molecule has 8 nitrogen and oxygen atoms in total. The van der Waals surface area contributed by atoms with Crippen LogP contribution in [0.25, 0.3) is 11.4 Å². The Kier molecular flexibility index (Phi) is 4.98. The van der Waals surface area contributed by atoms with Gasteiger partial charge in [0.25, 0.3) is 0 Å². The Balaban J connectivity index is 1.55. The molecule has 3 heterocycles. The van der Waals surface area contributed by atoms with E-state index in [0.717, 1.165) is 28.2 Å². The summed E-state index contributed by atoms with van der Waals surface area (Å²) < 4.78 is 38.5. The van der Waals surface area contributed by atoms with Crippen LogP contribution in [0, 0.1) is 0 Å². The molecular weight excluding hydrogens is 435 g/mol. The minimum atomic E-state index is -4.89. The number of alkyl halides is 3. The summed E-state index contributed by atoms with van der Waals surface area (Å²) in [5.41, 5.74) is 4.68. The average Bonchev–Trinajstić information content (AvgIpc) is 3.20. The Morgan fingerprint density at radius 1 is 1.09 bits per heavy atom. The van der Waals surface area contributed by atoms with Crippen molar-refractivity contribution in [3.8, 4) is 11.4 Å². The van der Waals surface area contributed by atoms with E-state index >= 15 is 0 Å². The molecule has 0 aliphatic carbocycles.